The summed E-state index contributed by atoms with van der Waals surface area (Å²) in [5, 5.41) is 13.5. The highest BCUT2D eigenvalue weighted by Crippen LogP contribution is 2.24. The molecule has 1 saturated carbocycles. The number of rotatable bonds is 4. The van der Waals surface area contributed by atoms with E-state index in [0.717, 1.165) is 17.4 Å². The Bertz CT molecular complexity index is 535. The Hall–Kier alpha value is -1.62. The lowest BCUT2D eigenvalue weighted by Gasteiger charge is -2.22. The fourth-order valence-electron chi connectivity index (χ4n) is 2.67. The summed E-state index contributed by atoms with van der Waals surface area (Å²) in [6.45, 7) is 2.20. The molecule has 1 aliphatic carbocycles. The second-order valence-corrected chi connectivity index (χ2v) is 6.55. The summed E-state index contributed by atoms with van der Waals surface area (Å²) in [4.78, 5) is 23.5. The Morgan fingerprint density at radius 2 is 2.10 bits per heavy atom. The standard InChI is InChI=1S/C16H21NO3S/c1-11-5-3-2-4-6-14(11)17-16(20)12-9-13(21-10-12)7-8-15(18)19/h7-11,14H,2-6H2,1H3,(H,17,20)(H,18,19). The molecule has 1 aromatic heterocycles. The molecule has 0 aromatic carbocycles. The second-order valence-electron chi connectivity index (χ2n) is 5.60. The van der Waals surface area contributed by atoms with Gasteiger partial charge in [-0.3, -0.25) is 4.79 Å². The first-order chi connectivity index (χ1) is 10.1. The van der Waals surface area contributed by atoms with Gasteiger partial charge < -0.3 is 10.4 Å². The van der Waals surface area contributed by atoms with Gasteiger partial charge in [0.05, 0.1) is 5.56 Å². The third-order valence-corrected chi connectivity index (χ3v) is 4.85. The molecule has 2 atom stereocenters. The van der Waals surface area contributed by atoms with E-state index in [-0.39, 0.29) is 11.9 Å². The molecule has 0 radical (unpaired) electrons. The van der Waals surface area contributed by atoms with Crippen molar-refractivity contribution in [2.45, 2.75) is 45.1 Å². The highest BCUT2D eigenvalue weighted by Gasteiger charge is 2.22. The van der Waals surface area contributed by atoms with Crippen LogP contribution in [0.3, 0.4) is 0 Å². The van der Waals surface area contributed by atoms with Crippen LogP contribution in [0.4, 0.5) is 0 Å². The number of carboxylic acids is 1. The van der Waals surface area contributed by atoms with E-state index < -0.39 is 5.97 Å². The molecule has 2 N–H and O–H groups in total. The largest absolute Gasteiger partial charge is 0.478 e. The Balaban J connectivity index is 1.98. The van der Waals surface area contributed by atoms with E-state index in [9.17, 15) is 9.59 Å². The molecule has 1 fully saturated rings. The van der Waals surface area contributed by atoms with Crippen LogP contribution in [0.5, 0.6) is 0 Å². The molecule has 1 aliphatic rings. The summed E-state index contributed by atoms with van der Waals surface area (Å²) in [5.41, 5.74) is 0.612. The summed E-state index contributed by atoms with van der Waals surface area (Å²) < 4.78 is 0. The van der Waals surface area contributed by atoms with Crippen molar-refractivity contribution >= 4 is 29.3 Å². The minimum Gasteiger partial charge on any atom is -0.478 e. The molecular formula is C16H21NO3S. The Morgan fingerprint density at radius 3 is 2.86 bits per heavy atom. The van der Waals surface area contributed by atoms with Crippen LogP contribution in [0, 0.1) is 5.92 Å². The number of hydrogen-bond donors (Lipinski definition) is 2. The van der Waals surface area contributed by atoms with Crippen molar-refractivity contribution in [3.63, 3.8) is 0 Å². The number of carbonyl (C=O) groups is 2. The molecule has 0 aliphatic heterocycles. The highest BCUT2D eigenvalue weighted by molar-refractivity contribution is 7.11. The molecule has 1 heterocycles. The van der Waals surface area contributed by atoms with Crippen molar-refractivity contribution in [1.29, 1.82) is 0 Å². The maximum atomic E-state index is 12.3. The van der Waals surface area contributed by atoms with Crippen LogP contribution >= 0.6 is 11.3 Å². The average Bonchev–Trinajstić information content (AvgIpc) is 2.83. The molecule has 0 saturated heterocycles. The molecule has 114 valence electrons. The zero-order valence-corrected chi connectivity index (χ0v) is 13.0. The number of hydrogen-bond acceptors (Lipinski definition) is 3. The molecule has 21 heavy (non-hydrogen) atoms. The van der Waals surface area contributed by atoms with E-state index in [4.69, 9.17) is 5.11 Å². The van der Waals surface area contributed by atoms with Gasteiger partial charge in [0.25, 0.3) is 5.91 Å². The van der Waals surface area contributed by atoms with Gasteiger partial charge in [-0.1, -0.05) is 26.2 Å². The van der Waals surface area contributed by atoms with E-state index in [1.165, 1.54) is 43.1 Å². The molecule has 0 spiro atoms. The first-order valence-corrected chi connectivity index (χ1v) is 8.24. The van der Waals surface area contributed by atoms with Crippen molar-refractivity contribution < 1.29 is 14.7 Å². The van der Waals surface area contributed by atoms with E-state index in [1.807, 2.05) is 0 Å². The smallest absolute Gasteiger partial charge is 0.328 e. The SMILES string of the molecule is CC1CCCCCC1NC(=O)c1csc(C=CC(=O)O)c1. The molecular weight excluding hydrogens is 286 g/mol. The predicted octanol–water partition coefficient (Wildman–Crippen LogP) is 3.54. The van der Waals surface area contributed by atoms with Crippen LogP contribution in [0.25, 0.3) is 6.08 Å². The van der Waals surface area contributed by atoms with Crippen LogP contribution in [0.1, 0.15) is 54.3 Å². The Morgan fingerprint density at radius 1 is 1.33 bits per heavy atom. The van der Waals surface area contributed by atoms with Gasteiger partial charge in [-0.25, -0.2) is 4.79 Å². The normalized spacial score (nSPS) is 22.9. The van der Waals surface area contributed by atoms with Gasteiger partial charge in [-0.05, 0) is 30.9 Å². The molecule has 1 aromatic rings. The first kappa shape index (κ1) is 15.8. The van der Waals surface area contributed by atoms with E-state index in [1.54, 1.807) is 11.4 Å². The van der Waals surface area contributed by atoms with Crippen LogP contribution < -0.4 is 5.32 Å². The van der Waals surface area contributed by atoms with E-state index >= 15 is 0 Å². The molecule has 0 bridgehead atoms. The summed E-state index contributed by atoms with van der Waals surface area (Å²) in [6, 6.07) is 1.98. The summed E-state index contributed by atoms with van der Waals surface area (Å²) in [7, 11) is 0. The minimum absolute atomic E-state index is 0.0556. The highest BCUT2D eigenvalue weighted by atomic mass is 32.1. The molecule has 4 nitrogen and oxygen atoms in total. The third-order valence-electron chi connectivity index (χ3n) is 3.95. The van der Waals surface area contributed by atoms with Gasteiger partial charge >= 0.3 is 5.97 Å². The van der Waals surface area contributed by atoms with Crippen molar-refractivity contribution in [2.75, 3.05) is 0 Å². The number of carbonyl (C=O) groups excluding carboxylic acids is 1. The molecule has 2 rings (SSSR count). The van der Waals surface area contributed by atoms with Crippen molar-refractivity contribution in [3.05, 3.63) is 28.0 Å². The summed E-state index contributed by atoms with van der Waals surface area (Å²) >= 11 is 1.38. The van der Waals surface area contributed by atoms with E-state index in [2.05, 4.69) is 12.2 Å². The van der Waals surface area contributed by atoms with Gasteiger partial charge in [-0.2, -0.15) is 0 Å². The monoisotopic (exact) mass is 307 g/mol. The van der Waals surface area contributed by atoms with Crippen LogP contribution in [-0.4, -0.2) is 23.0 Å². The topological polar surface area (TPSA) is 66.4 Å². The van der Waals surface area contributed by atoms with Gasteiger partial charge in [0, 0.05) is 22.4 Å². The average molecular weight is 307 g/mol. The number of nitrogens with one attached hydrogen (secondary N) is 1. The van der Waals surface area contributed by atoms with Crippen molar-refractivity contribution in [2.24, 2.45) is 5.92 Å². The lowest BCUT2D eigenvalue weighted by Crippen LogP contribution is -2.38. The zero-order chi connectivity index (χ0) is 15.2. The Labute approximate surface area is 128 Å². The number of thiophene rings is 1. The molecule has 1 amide bonds. The van der Waals surface area contributed by atoms with Gasteiger partial charge in [0.2, 0.25) is 0 Å². The van der Waals surface area contributed by atoms with Crippen molar-refractivity contribution in [3.8, 4) is 0 Å². The molecule has 5 heteroatoms. The quantitative estimate of drug-likeness (QED) is 0.660. The second kappa shape index (κ2) is 7.41. The lowest BCUT2D eigenvalue weighted by atomic mass is 9.97. The predicted molar refractivity (Wildman–Crippen MR) is 84.5 cm³/mol. The van der Waals surface area contributed by atoms with Crippen LogP contribution in [0.2, 0.25) is 0 Å². The lowest BCUT2D eigenvalue weighted by molar-refractivity contribution is -0.131. The van der Waals surface area contributed by atoms with E-state index in [0.29, 0.717) is 11.5 Å². The third kappa shape index (κ3) is 4.70. The summed E-state index contributed by atoms with van der Waals surface area (Å²) in [6.07, 6.45) is 8.48. The maximum Gasteiger partial charge on any atom is 0.328 e. The summed E-state index contributed by atoms with van der Waals surface area (Å²) in [5.74, 6) is -0.525. The number of carboxylic acid groups (broad SMARTS) is 1. The van der Waals surface area contributed by atoms with Gasteiger partial charge in [0.1, 0.15) is 0 Å². The van der Waals surface area contributed by atoms with Crippen LogP contribution in [-0.2, 0) is 4.79 Å². The number of amides is 1. The number of aliphatic carboxylic acids is 1. The molecule has 2 unspecified atom stereocenters. The zero-order valence-electron chi connectivity index (χ0n) is 12.2. The van der Waals surface area contributed by atoms with Crippen LogP contribution in [0.15, 0.2) is 17.5 Å². The fourth-order valence-corrected chi connectivity index (χ4v) is 3.45. The fraction of sp³-hybridized carbons (Fsp3) is 0.500. The maximum absolute atomic E-state index is 12.3. The van der Waals surface area contributed by atoms with Gasteiger partial charge in [0.15, 0.2) is 0 Å². The minimum atomic E-state index is -0.985. The van der Waals surface area contributed by atoms with Crippen molar-refractivity contribution in [1.82, 2.24) is 5.32 Å². The van der Waals surface area contributed by atoms with Gasteiger partial charge in [-0.15, -0.1) is 11.3 Å². The Kier molecular flexibility index (Phi) is 5.56. The first-order valence-electron chi connectivity index (χ1n) is 7.36.